The van der Waals surface area contributed by atoms with E-state index in [1.54, 1.807) is 0 Å². The quantitative estimate of drug-likeness (QED) is 0.761. The van der Waals surface area contributed by atoms with Crippen molar-refractivity contribution in [2.75, 3.05) is 6.54 Å². The molecule has 3 aromatic rings. The second-order valence-corrected chi connectivity index (χ2v) is 7.32. The van der Waals surface area contributed by atoms with Crippen LogP contribution in [0.25, 0.3) is 5.65 Å². The monoisotopic (exact) mass is 347 g/mol. The number of amides is 2. The number of pyridine rings is 1. The average molecular weight is 347 g/mol. The summed E-state index contributed by atoms with van der Waals surface area (Å²) in [6.45, 7) is 1.08. The van der Waals surface area contributed by atoms with Gasteiger partial charge in [0.2, 0.25) is 0 Å². The van der Waals surface area contributed by atoms with E-state index in [1.165, 1.54) is 30.4 Å². The Kier molecular flexibility index (Phi) is 3.45. The highest BCUT2D eigenvalue weighted by Crippen LogP contribution is 2.61. The topological polar surface area (TPSA) is 71.3 Å². The first-order valence-electron chi connectivity index (χ1n) is 9.15. The Balaban J connectivity index is 1.16. The fourth-order valence-electron chi connectivity index (χ4n) is 4.45. The van der Waals surface area contributed by atoms with Gasteiger partial charge < -0.3 is 10.6 Å². The van der Waals surface area contributed by atoms with Gasteiger partial charge in [-0.1, -0.05) is 30.3 Å². The van der Waals surface area contributed by atoms with Crippen LogP contribution in [0.15, 0.2) is 48.7 Å². The van der Waals surface area contributed by atoms with E-state index in [9.17, 15) is 4.79 Å². The smallest absolute Gasteiger partial charge is 0.315 e. The first kappa shape index (κ1) is 15.4. The van der Waals surface area contributed by atoms with Gasteiger partial charge in [0.1, 0.15) is 0 Å². The third-order valence-corrected chi connectivity index (χ3v) is 5.93. The lowest BCUT2D eigenvalue weighted by atomic mass is 9.95. The largest absolute Gasteiger partial charge is 0.338 e. The van der Waals surface area contributed by atoms with Crippen molar-refractivity contribution in [1.29, 1.82) is 0 Å². The average Bonchev–Trinajstić information content (AvgIpc) is 3.03. The van der Waals surface area contributed by atoms with Crippen LogP contribution in [0.5, 0.6) is 0 Å². The molecule has 2 atom stereocenters. The number of hydrogen-bond acceptors (Lipinski definition) is 3. The summed E-state index contributed by atoms with van der Waals surface area (Å²) in [4.78, 5) is 12.2. The van der Waals surface area contributed by atoms with E-state index in [0.29, 0.717) is 17.9 Å². The van der Waals surface area contributed by atoms with Gasteiger partial charge in [-0.15, -0.1) is 10.2 Å². The SMILES string of the molecule is O=C(NCc1nnc2ccccn12)NC[C@@H]1C[C@@]12CCc1ccccc12. The molecule has 1 spiro atoms. The van der Waals surface area contributed by atoms with Gasteiger partial charge in [0.15, 0.2) is 11.5 Å². The summed E-state index contributed by atoms with van der Waals surface area (Å²) in [5, 5.41) is 14.1. The molecule has 0 saturated heterocycles. The van der Waals surface area contributed by atoms with Crippen molar-refractivity contribution >= 4 is 11.7 Å². The van der Waals surface area contributed by atoms with Crippen LogP contribution < -0.4 is 10.6 Å². The van der Waals surface area contributed by atoms with Crippen LogP contribution in [-0.2, 0) is 18.4 Å². The molecule has 0 radical (unpaired) electrons. The minimum atomic E-state index is -0.147. The van der Waals surface area contributed by atoms with Gasteiger partial charge >= 0.3 is 6.03 Å². The summed E-state index contributed by atoms with van der Waals surface area (Å²) >= 11 is 0. The molecular weight excluding hydrogens is 326 g/mol. The maximum Gasteiger partial charge on any atom is 0.315 e. The Morgan fingerprint density at radius 2 is 2.04 bits per heavy atom. The highest BCUT2D eigenvalue weighted by Gasteiger charge is 2.57. The number of nitrogens with zero attached hydrogens (tertiary/aromatic N) is 3. The van der Waals surface area contributed by atoms with E-state index in [4.69, 9.17) is 0 Å². The van der Waals surface area contributed by atoms with Gasteiger partial charge in [0.25, 0.3) is 0 Å². The molecule has 0 unspecified atom stereocenters. The highest BCUT2D eigenvalue weighted by molar-refractivity contribution is 5.73. The van der Waals surface area contributed by atoms with Crippen molar-refractivity contribution in [1.82, 2.24) is 25.2 Å². The lowest BCUT2D eigenvalue weighted by molar-refractivity contribution is 0.239. The molecule has 2 amide bonds. The predicted molar refractivity (Wildman–Crippen MR) is 97.8 cm³/mol. The Morgan fingerprint density at radius 3 is 3.00 bits per heavy atom. The minimum Gasteiger partial charge on any atom is -0.338 e. The number of hydrogen-bond donors (Lipinski definition) is 2. The normalized spacial score (nSPS) is 23.2. The zero-order valence-corrected chi connectivity index (χ0v) is 14.5. The summed E-state index contributed by atoms with van der Waals surface area (Å²) < 4.78 is 1.88. The van der Waals surface area contributed by atoms with Gasteiger partial charge in [0.05, 0.1) is 6.54 Å². The summed E-state index contributed by atoms with van der Waals surface area (Å²) in [6, 6.07) is 14.3. The minimum absolute atomic E-state index is 0.147. The molecule has 0 bridgehead atoms. The second kappa shape index (κ2) is 5.83. The summed E-state index contributed by atoms with van der Waals surface area (Å²) in [5.74, 6) is 1.27. The molecule has 2 aromatic heterocycles. The van der Waals surface area contributed by atoms with Gasteiger partial charge in [-0.25, -0.2) is 4.79 Å². The second-order valence-electron chi connectivity index (χ2n) is 7.32. The van der Waals surface area contributed by atoms with Crippen LogP contribution in [-0.4, -0.2) is 27.2 Å². The number of aromatic nitrogens is 3. The Labute approximate surface area is 151 Å². The molecule has 132 valence electrons. The number of urea groups is 1. The fraction of sp³-hybridized carbons (Fsp3) is 0.350. The van der Waals surface area contributed by atoms with E-state index in [1.807, 2.05) is 28.8 Å². The molecule has 1 saturated carbocycles. The summed E-state index contributed by atoms with van der Waals surface area (Å²) in [6.07, 6.45) is 5.46. The maximum absolute atomic E-state index is 12.2. The number of fused-ring (bicyclic) bond motifs is 3. The molecule has 1 aromatic carbocycles. The van der Waals surface area contributed by atoms with Crippen molar-refractivity contribution < 1.29 is 4.79 Å². The molecule has 6 nitrogen and oxygen atoms in total. The maximum atomic E-state index is 12.2. The molecule has 2 heterocycles. The molecule has 2 aliphatic carbocycles. The van der Waals surface area contributed by atoms with Gasteiger partial charge in [-0.3, -0.25) is 4.40 Å². The zero-order valence-electron chi connectivity index (χ0n) is 14.5. The van der Waals surface area contributed by atoms with E-state index < -0.39 is 0 Å². The third-order valence-electron chi connectivity index (χ3n) is 5.93. The van der Waals surface area contributed by atoms with Crippen LogP contribution in [0.2, 0.25) is 0 Å². The Morgan fingerprint density at radius 1 is 1.15 bits per heavy atom. The highest BCUT2D eigenvalue weighted by atomic mass is 16.2. The molecule has 0 aliphatic heterocycles. The van der Waals surface area contributed by atoms with Crippen molar-refractivity contribution in [3.05, 3.63) is 65.6 Å². The molecular formula is C20H21N5O. The van der Waals surface area contributed by atoms with Crippen LogP contribution in [0.3, 0.4) is 0 Å². The standard InChI is InChI=1S/C20H21N5O/c26-19(22-13-18-24-23-17-7-3-4-10-25(17)18)21-12-15-11-20(15)9-8-14-5-1-2-6-16(14)20/h1-7,10,15H,8-9,11-13H2,(H2,21,22,26)/t15-,20-/m0/s1. The molecule has 1 fully saturated rings. The number of carbonyl (C=O) groups is 1. The summed E-state index contributed by atoms with van der Waals surface area (Å²) in [5.41, 5.74) is 4.08. The van der Waals surface area contributed by atoms with E-state index in [-0.39, 0.29) is 6.03 Å². The molecule has 26 heavy (non-hydrogen) atoms. The Hall–Kier alpha value is -2.89. The van der Waals surface area contributed by atoms with E-state index >= 15 is 0 Å². The lowest BCUT2D eigenvalue weighted by Crippen LogP contribution is -2.37. The lowest BCUT2D eigenvalue weighted by Gasteiger charge is -2.12. The number of aryl methyl sites for hydroxylation is 1. The number of nitrogens with one attached hydrogen (secondary N) is 2. The number of benzene rings is 1. The summed E-state index contributed by atoms with van der Waals surface area (Å²) in [7, 11) is 0. The van der Waals surface area contributed by atoms with Gasteiger partial charge in [-0.05, 0) is 48.4 Å². The predicted octanol–water partition coefficient (Wildman–Crippen LogP) is 2.43. The zero-order chi connectivity index (χ0) is 17.6. The van der Waals surface area contributed by atoms with Crippen molar-refractivity contribution in [3.63, 3.8) is 0 Å². The first-order valence-corrected chi connectivity index (χ1v) is 9.15. The van der Waals surface area contributed by atoms with Crippen LogP contribution >= 0.6 is 0 Å². The van der Waals surface area contributed by atoms with Gasteiger partial charge in [-0.2, -0.15) is 0 Å². The van der Waals surface area contributed by atoms with Crippen LogP contribution in [0.4, 0.5) is 4.79 Å². The van der Waals surface area contributed by atoms with Crippen molar-refractivity contribution in [3.8, 4) is 0 Å². The van der Waals surface area contributed by atoms with Crippen molar-refractivity contribution in [2.45, 2.75) is 31.2 Å². The molecule has 2 N–H and O–H groups in total. The molecule has 5 rings (SSSR count). The van der Waals surface area contributed by atoms with Crippen LogP contribution in [0.1, 0.15) is 29.8 Å². The van der Waals surface area contributed by atoms with E-state index in [2.05, 4.69) is 45.1 Å². The number of rotatable bonds is 4. The van der Waals surface area contributed by atoms with Gasteiger partial charge in [0, 0.05) is 18.2 Å². The number of carbonyl (C=O) groups excluding carboxylic acids is 1. The molecule has 2 aliphatic rings. The van der Waals surface area contributed by atoms with Crippen molar-refractivity contribution in [2.24, 2.45) is 5.92 Å². The Bertz CT molecular complexity index is 981. The molecule has 6 heteroatoms. The fourth-order valence-corrected chi connectivity index (χ4v) is 4.45. The van der Waals surface area contributed by atoms with Crippen LogP contribution in [0, 0.1) is 5.92 Å². The first-order chi connectivity index (χ1) is 12.8. The van der Waals surface area contributed by atoms with E-state index in [0.717, 1.165) is 18.0 Å². The third kappa shape index (κ3) is 2.44.